The number of ketones is 1. The van der Waals surface area contributed by atoms with Gasteiger partial charge in [-0.25, -0.2) is 4.79 Å². The lowest BCUT2D eigenvalue weighted by Gasteiger charge is -2.24. The van der Waals surface area contributed by atoms with Crippen LogP contribution < -0.4 is 11.2 Å². The number of fused-ring (bicyclic) bond motifs is 1. The van der Waals surface area contributed by atoms with Crippen molar-refractivity contribution in [3.8, 4) is 0 Å². The predicted molar refractivity (Wildman–Crippen MR) is 99.0 cm³/mol. The molecule has 0 saturated carbocycles. The van der Waals surface area contributed by atoms with E-state index in [9.17, 15) is 14.4 Å². The van der Waals surface area contributed by atoms with Gasteiger partial charge in [0.2, 0.25) is 0 Å². The number of nitrogens with zero attached hydrogens (tertiary/aromatic N) is 1. The van der Waals surface area contributed by atoms with Crippen LogP contribution in [0.15, 0.2) is 64.3 Å². The van der Waals surface area contributed by atoms with Crippen LogP contribution in [0.5, 0.6) is 0 Å². The number of allylic oxidation sites excluding steroid dienone is 1. The van der Waals surface area contributed by atoms with E-state index in [4.69, 9.17) is 14.2 Å². The molecule has 4 atom stereocenters. The van der Waals surface area contributed by atoms with Crippen molar-refractivity contribution in [1.82, 2.24) is 9.55 Å². The van der Waals surface area contributed by atoms with Crippen LogP contribution in [0, 0.1) is 0 Å². The van der Waals surface area contributed by atoms with Gasteiger partial charge in [0.15, 0.2) is 17.8 Å². The number of aromatic nitrogens is 2. The highest BCUT2D eigenvalue weighted by atomic mass is 16.8. The summed E-state index contributed by atoms with van der Waals surface area (Å²) in [4.78, 5) is 38.1. The summed E-state index contributed by atoms with van der Waals surface area (Å²) in [5, 5.41) is 0. The van der Waals surface area contributed by atoms with Crippen LogP contribution in [0.25, 0.3) is 0 Å². The maximum Gasteiger partial charge on any atom is 0.330 e. The van der Waals surface area contributed by atoms with Crippen LogP contribution in [0.2, 0.25) is 0 Å². The van der Waals surface area contributed by atoms with Gasteiger partial charge >= 0.3 is 5.69 Å². The van der Waals surface area contributed by atoms with Crippen LogP contribution in [0.1, 0.15) is 30.4 Å². The second-order valence-electron chi connectivity index (χ2n) is 7.16. The second-order valence-corrected chi connectivity index (χ2v) is 7.16. The minimum atomic E-state index is -0.862. The second kappa shape index (κ2) is 6.97. The Morgan fingerprint density at radius 2 is 1.82 bits per heavy atom. The van der Waals surface area contributed by atoms with E-state index in [1.165, 1.54) is 22.9 Å². The fourth-order valence-corrected chi connectivity index (χ4v) is 3.49. The van der Waals surface area contributed by atoms with Gasteiger partial charge in [-0.3, -0.25) is 19.1 Å². The van der Waals surface area contributed by atoms with Gasteiger partial charge in [-0.1, -0.05) is 30.3 Å². The fraction of sp³-hybridized carbons (Fsp3) is 0.350. The number of rotatable bonds is 4. The van der Waals surface area contributed by atoms with Gasteiger partial charge in [-0.05, 0) is 26.0 Å². The Balaban J connectivity index is 1.62. The summed E-state index contributed by atoms with van der Waals surface area (Å²) in [6.07, 6.45) is 1.96. The van der Waals surface area contributed by atoms with Gasteiger partial charge in [-0.2, -0.15) is 0 Å². The average Bonchev–Trinajstić information content (AvgIpc) is 3.14. The Kier molecular flexibility index (Phi) is 4.62. The van der Waals surface area contributed by atoms with E-state index in [-0.39, 0.29) is 5.78 Å². The van der Waals surface area contributed by atoms with Crippen molar-refractivity contribution in [3.63, 3.8) is 0 Å². The first-order valence-electron chi connectivity index (χ1n) is 8.94. The third-order valence-electron chi connectivity index (χ3n) is 4.69. The minimum absolute atomic E-state index is 0.163. The lowest BCUT2D eigenvalue weighted by Crippen LogP contribution is -2.37. The summed E-state index contributed by atoms with van der Waals surface area (Å²) in [6, 6.07) is 10.1. The Morgan fingerprint density at radius 3 is 2.54 bits per heavy atom. The molecule has 2 fully saturated rings. The van der Waals surface area contributed by atoms with Crippen molar-refractivity contribution < 1.29 is 19.0 Å². The van der Waals surface area contributed by atoms with E-state index >= 15 is 0 Å². The molecule has 2 saturated heterocycles. The van der Waals surface area contributed by atoms with Crippen LogP contribution in [-0.4, -0.2) is 39.4 Å². The van der Waals surface area contributed by atoms with Gasteiger partial charge in [0.05, 0.1) is 0 Å². The summed E-state index contributed by atoms with van der Waals surface area (Å²) in [6.45, 7) is 3.54. The van der Waals surface area contributed by atoms with E-state index in [1.54, 1.807) is 44.2 Å². The molecule has 2 aliphatic rings. The van der Waals surface area contributed by atoms with Gasteiger partial charge in [-0.15, -0.1) is 0 Å². The summed E-state index contributed by atoms with van der Waals surface area (Å²) >= 11 is 0. The normalized spacial score (nSPS) is 28.5. The Bertz CT molecular complexity index is 1020. The van der Waals surface area contributed by atoms with Crippen molar-refractivity contribution in [2.75, 3.05) is 0 Å². The van der Waals surface area contributed by atoms with Gasteiger partial charge in [0.1, 0.15) is 18.3 Å². The molecule has 2 aliphatic heterocycles. The van der Waals surface area contributed by atoms with Crippen molar-refractivity contribution in [2.45, 2.75) is 44.2 Å². The van der Waals surface area contributed by atoms with Crippen LogP contribution in [0.4, 0.5) is 0 Å². The highest BCUT2D eigenvalue weighted by molar-refractivity contribution is 6.04. The molecule has 3 heterocycles. The van der Waals surface area contributed by atoms with E-state index in [0.717, 1.165) is 0 Å². The van der Waals surface area contributed by atoms with E-state index < -0.39 is 41.6 Å². The fourth-order valence-electron chi connectivity index (χ4n) is 3.49. The molecular weight excluding hydrogens is 364 g/mol. The lowest BCUT2D eigenvalue weighted by atomic mass is 10.1. The van der Waals surface area contributed by atoms with Crippen LogP contribution in [0.3, 0.4) is 0 Å². The average molecular weight is 384 g/mol. The first-order chi connectivity index (χ1) is 13.3. The Labute approximate surface area is 160 Å². The number of carbonyl (C=O) groups is 1. The van der Waals surface area contributed by atoms with Gasteiger partial charge < -0.3 is 14.2 Å². The molecule has 0 aliphatic carbocycles. The number of hydrogen-bond acceptors (Lipinski definition) is 6. The smallest absolute Gasteiger partial charge is 0.330 e. The molecule has 0 radical (unpaired) electrons. The quantitative estimate of drug-likeness (QED) is 0.632. The zero-order chi connectivity index (χ0) is 19.9. The number of H-pyrrole nitrogens is 1. The molecule has 1 aromatic heterocycles. The third-order valence-corrected chi connectivity index (χ3v) is 4.69. The molecule has 0 spiro atoms. The highest BCUT2D eigenvalue weighted by Crippen LogP contribution is 2.42. The van der Waals surface area contributed by atoms with Crippen molar-refractivity contribution in [2.24, 2.45) is 0 Å². The molecule has 28 heavy (non-hydrogen) atoms. The molecule has 8 nitrogen and oxygen atoms in total. The topological polar surface area (TPSA) is 99.6 Å². The number of benzene rings is 1. The van der Waals surface area contributed by atoms with Crippen molar-refractivity contribution in [3.05, 3.63) is 81.1 Å². The first kappa shape index (κ1) is 18.5. The lowest BCUT2D eigenvalue weighted by molar-refractivity contribution is -0.192. The largest absolute Gasteiger partial charge is 0.345 e. The number of aromatic amines is 1. The summed E-state index contributed by atoms with van der Waals surface area (Å²) in [5.41, 5.74) is -0.537. The molecule has 2 aromatic rings. The zero-order valence-electron chi connectivity index (χ0n) is 15.4. The highest BCUT2D eigenvalue weighted by Gasteiger charge is 2.55. The summed E-state index contributed by atoms with van der Waals surface area (Å²) in [7, 11) is 0. The molecule has 8 heteroatoms. The number of carbonyl (C=O) groups excluding carboxylic acids is 1. The Hall–Kier alpha value is -2.81. The standard InChI is InChI=1S/C20H20N2O6/c1-20(2)27-16-14(9-8-13(23)12-6-4-3-5-7-12)26-18(17(16)28-20)22-11-10-15(24)21-19(22)25/h3-11,14,16-18H,1-2H3,(H,21,24,25)/b9-8-. The minimum Gasteiger partial charge on any atom is -0.345 e. The van der Waals surface area contributed by atoms with Gasteiger partial charge in [0, 0.05) is 17.8 Å². The van der Waals surface area contributed by atoms with Crippen molar-refractivity contribution in [1.29, 1.82) is 0 Å². The van der Waals surface area contributed by atoms with E-state index in [2.05, 4.69) is 4.98 Å². The molecule has 0 bridgehead atoms. The molecule has 4 rings (SSSR count). The van der Waals surface area contributed by atoms with Crippen LogP contribution in [-0.2, 0) is 14.2 Å². The van der Waals surface area contributed by atoms with Crippen LogP contribution >= 0.6 is 0 Å². The maximum atomic E-state index is 12.4. The Morgan fingerprint density at radius 1 is 1.11 bits per heavy atom. The molecule has 146 valence electrons. The summed E-state index contributed by atoms with van der Waals surface area (Å²) in [5.74, 6) is -1.03. The molecule has 1 aromatic carbocycles. The predicted octanol–water partition coefficient (Wildman–Crippen LogP) is 1.39. The third kappa shape index (κ3) is 3.49. The van der Waals surface area contributed by atoms with E-state index in [0.29, 0.717) is 5.56 Å². The summed E-state index contributed by atoms with van der Waals surface area (Å²) < 4.78 is 19.1. The van der Waals surface area contributed by atoms with E-state index in [1.807, 2.05) is 6.07 Å². The number of nitrogens with one attached hydrogen (secondary N) is 1. The first-order valence-corrected chi connectivity index (χ1v) is 8.94. The molecule has 4 unspecified atom stereocenters. The number of ether oxygens (including phenoxy) is 3. The van der Waals surface area contributed by atoms with Crippen molar-refractivity contribution >= 4 is 5.78 Å². The molecular formula is C20H20N2O6. The zero-order valence-corrected chi connectivity index (χ0v) is 15.4. The number of hydrogen-bond donors (Lipinski definition) is 1. The maximum absolute atomic E-state index is 12.4. The molecule has 0 amide bonds. The molecule has 1 N–H and O–H groups in total. The SMILES string of the molecule is CC1(C)OC2C(/C=C\C(=O)c3ccccc3)OC(n3ccc(=O)[nH]c3=O)C2O1. The monoisotopic (exact) mass is 384 g/mol. The van der Waals surface area contributed by atoms with Gasteiger partial charge in [0.25, 0.3) is 5.56 Å².